The molecular formula is C13H14F2N2O4. The molecule has 1 aliphatic carbocycles. The third kappa shape index (κ3) is 3.52. The van der Waals surface area contributed by atoms with E-state index in [1.165, 1.54) is 0 Å². The molecular weight excluding hydrogens is 286 g/mol. The molecule has 2 rings (SSSR count). The molecule has 0 radical (unpaired) electrons. The number of aliphatic hydroxyl groups is 1. The van der Waals surface area contributed by atoms with Crippen LogP contribution in [0, 0.1) is 21.7 Å². The van der Waals surface area contributed by atoms with Crippen LogP contribution in [0.3, 0.4) is 0 Å². The number of carbonyl (C=O) groups is 1. The van der Waals surface area contributed by atoms with E-state index in [4.69, 9.17) is 0 Å². The minimum absolute atomic E-state index is 0.242. The van der Waals surface area contributed by atoms with Crippen LogP contribution < -0.4 is 5.32 Å². The van der Waals surface area contributed by atoms with Crippen molar-refractivity contribution in [2.24, 2.45) is 0 Å². The first-order valence-electron chi connectivity index (χ1n) is 6.51. The lowest BCUT2D eigenvalue weighted by atomic mass is 9.93. The molecule has 1 amide bonds. The zero-order valence-electron chi connectivity index (χ0n) is 11.0. The molecule has 2 N–H and O–H groups in total. The number of rotatable bonds is 3. The number of hydrogen-bond acceptors (Lipinski definition) is 4. The fraction of sp³-hybridized carbons (Fsp3) is 0.462. The molecule has 0 aromatic heterocycles. The van der Waals surface area contributed by atoms with Crippen molar-refractivity contribution < 1.29 is 23.6 Å². The van der Waals surface area contributed by atoms with Crippen molar-refractivity contribution in [3.63, 3.8) is 0 Å². The number of nitro benzene ring substituents is 1. The molecule has 1 aliphatic rings. The van der Waals surface area contributed by atoms with Crippen molar-refractivity contribution >= 4 is 11.6 Å². The monoisotopic (exact) mass is 300 g/mol. The summed E-state index contributed by atoms with van der Waals surface area (Å²) < 4.78 is 26.2. The molecule has 0 aliphatic heterocycles. The van der Waals surface area contributed by atoms with E-state index in [1.54, 1.807) is 0 Å². The van der Waals surface area contributed by atoms with Crippen molar-refractivity contribution in [2.45, 2.75) is 37.8 Å². The standard InChI is InChI=1S/C13H14F2N2O4/c14-10-5-9(12(17(20)21)6-11(10)15)13(19)16-7-1-3-8(18)4-2-7/h5-8,18H,1-4H2,(H,16,19). The quantitative estimate of drug-likeness (QED) is 0.658. The first-order chi connectivity index (χ1) is 9.88. The highest BCUT2D eigenvalue weighted by molar-refractivity contribution is 5.98. The largest absolute Gasteiger partial charge is 0.393 e. The van der Waals surface area contributed by atoms with E-state index in [9.17, 15) is 28.8 Å². The Bertz CT molecular complexity index is 572. The predicted molar refractivity (Wildman–Crippen MR) is 68.7 cm³/mol. The van der Waals surface area contributed by atoms with Crippen molar-refractivity contribution in [1.82, 2.24) is 5.32 Å². The molecule has 0 saturated heterocycles. The third-order valence-corrected chi connectivity index (χ3v) is 3.51. The van der Waals surface area contributed by atoms with Gasteiger partial charge >= 0.3 is 0 Å². The summed E-state index contributed by atoms with van der Waals surface area (Å²) in [6, 6.07) is 0.684. The molecule has 0 unspecified atom stereocenters. The maximum absolute atomic E-state index is 13.2. The van der Waals surface area contributed by atoms with Gasteiger partial charge in [-0.3, -0.25) is 14.9 Å². The highest BCUT2D eigenvalue weighted by Gasteiger charge is 2.27. The van der Waals surface area contributed by atoms with Gasteiger partial charge in [0.05, 0.1) is 17.1 Å². The fourth-order valence-electron chi connectivity index (χ4n) is 2.35. The molecule has 8 heteroatoms. The number of nitrogens with one attached hydrogen (secondary N) is 1. The summed E-state index contributed by atoms with van der Waals surface area (Å²) in [5.74, 6) is -3.51. The average molecular weight is 300 g/mol. The van der Waals surface area contributed by atoms with E-state index in [0.29, 0.717) is 37.8 Å². The van der Waals surface area contributed by atoms with Crippen LogP contribution in [0.2, 0.25) is 0 Å². The van der Waals surface area contributed by atoms with Crippen molar-refractivity contribution in [3.8, 4) is 0 Å². The lowest BCUT2D eigenvalue weighted by Gasteiger charge is -2.26. The molecule has 1 aromatic rings. The van der Waals surface area contributed by atoms with Crippen LogP contribution in [0.15, 0.2) is 12.1 Å². The minimum atomic E-state index is -1.38. The van der Waals surface area contributed by atoms with E-state index >= 15 is 0 Å². The van der Waals surface area contributed by atoms with Crippen LogP contribution in [0.5, 0.6) is 0 Å². The van der Waals surface area contributed by atoms with Crippen LogP contribution in [0.4, 0.5) is 14.5 Å². The lowest BCUT2D eigenvalue weighted by Crippen LogP contribution is -2.38. The summed E-state index contributed by atoms with van der Waals surface area (Å²) >= 11 is 0. The molecule has 6 nitrogen and oxygen atoms in total. The second kappa shape index (κ2) is 6.13. The van der Waals surface area contributed by atoms with Crippen LogP contribution in [-0.4, -0.2) is 28.1 Å². The second-order valence-corrected chi connectivity index (χ2v) is 5.02. The zero-order valence-corrected chi connectivity index (χ0v) is 11.0. The van der Waals surface area contributed by atoms with E-state index in [1.807, 2.05) is 0 Å². The zero-order chi connectivity index (χ0) is 15.6. The Hall–Kier alpha value is -2.09. The Kier molecular flexibility index (Phi) is 4.46. The van der Waals surface area contributed by atoms with Gasteiger partial charge in [0.2, 0.25) is 0 Å². The number of nitro groups is 1. The van der Waals surface area contributed by atoms with E-state index in [-0.39, 0.29) is 6.04 Å². The maximum atomic E-state index is 13.2. The van der Waals surface area contributed by atoms with Gasteiger partial charge in [0.15, 0.2) is 11.6 Å². The number of benzene rings is 1. The highest BCUT2D eigenvalue weighted by Crippen LogP contribution is 2.24. The van der Waals surface area contributed by atoms with Crippen molar-refractivity contribution in [3.05, 3.63) is 39.4 Å². The SMILES string of the molecule is O=C(NC1CCC(O)CC1)c1cc(F)c(F)cc1[N+](=O)[O-]. The van der Waals surface area contributed by atoms with Crippen LogP contribution in [-0.2, 0) is 0 Å². The summed E-state index contributed by atoms with van der Waals surface area (Å²) in [4.78, 5) is 21.9. The van der Waals surface area contributed by atoms with Gasteiger partial charge in [0, 0.05) is 6.04 Å². The Labute approximate surface area is 118 Å². The molecule has 1 fully saturated rings. The van der Waals surface area contributed by atoms with Gasteiger partial charge in [-0.05, 0) is 31.7 Å². The van der Waals surface area contributed by atoms with Crippen LogP contribution in [0.25, 0.3) is 0 Å². The number of carbonyl (C=O) groups excluding carboxylic acids is 1. The molecule has 1 saturated carbocycles. The fourth-order valence-corrected chi connectivity index (χ4v) is 2.35. The summed E-state index contributed by atoms with van der Waals surface area (Å²) in [6.07, 6.45) is 1.69. The summed E-state index contributed by atoms with van der Waals surface area (Å²) in [5, 5.41) is 22.8. The highest BCUT2D eigenvalue weighted by atomic mass is 19.2. The molecule has 1 aromatic carbocycles. The topological polar surface area (TPSA) is 92.5 Å². The van der Waals surface area contributed by atoms with E-state index < -0.39 is 39.8 Å². The molecule has 0 atom stereocenters. The van der Waals surface area contributed by atoms with Crippen molar-refractivity contribution in [2.75, 3.05) is 0 Å². The second-order valence-electron chi connectivity index (χ2n) is 5.02. The van der Waals surface area contributed by atoms with E-state index in [2.05, 4.69) is 5.32 Å². The minimum Gasteiger partial charge on any atom is -0.393 e. The predicted octanol–water partition coefficient (Wildman–Crippen LogP) is 1.91. The van der Waals surface area contributed by atoms with Gasteiger partial charge in [-0.1, -0.05) is 0 Å². The van der Waals surface area contributed by atoms with Gasteiger partial charge in [-0.2, -0.15) is 0 Å². The van der Waals surface area contributed by atoms with Gasteiger partial charge in [0.1, 0.15) is 5.56 Å². The molecule has 0 heterocycles. The number of nitrogens with zero attached hydrogens (tertiary/aromatic N) is 1. The number of halogens is 2. The first-order valence-corrected chi connectivity index (χ1v) is 6.51. The Morgan fingerprint density at radius 2 is 1.81 bits per heavy atom. The Morgan fingerprint density at radius 3 is 2.38 bits per heavy atom. The summed E-state index contributed by atoms with van der Waals surface area (Å²) in [7, 11) is 0. The van der Waals surface area contributed by atoms with Gasteiger partial charge in [0.25, 0.3) is 11.6 Å². The maximum Gasteiger partial charge on any atom is 0.285 e. The Balaban J connectivity index is 2.18. The summed E-state index contributed by atoms with van der Waals surface area (Å²) in [5.41, 5.74) is -1.28. The number of aliphatic hydroxyl groups excluding tert-OH is 1. The van der Waals surface area contributed by atoms with Gasteiger partial charge < -0.3 is 10.4 Å². The third-order valence-electron chi connectivity index (χ3n) is 3.51. The smallest absolute Gasteiger partial charge is 0.285 e. The number of amides is 1. The molecule has 0 bridgehead atoms. The molecule has 0 spiro atoms. The number of hydrogen-bond donors (Lipinski definition) is 2. The lowest BCUT2D eigenvalue weighted by molar-refractivity contribution is -0.385. The molecule has 114 valence electrons. The van der Waals surface area contributed by atoms with Crippen molar-refractivity contribution in [1.29, 1.82) is 0 Å². The normalized spacial score (nSPS) is 21.9. The van der Waals surface area contributed by atoms with E-state index in [0.717, 1.165) is 0 Å². The molecule has 21 heavy (non-hydrogen) atoms. The van der Waals surface area contributed by atoms with Gasteiger partial charge in [-0.15, -0.1) is 0 Å². The average Bonchev–Trinajstić information content (AvgIpc) is 2.43. The van der Waals surface area contributed by atoms with Gasteiger partial charge in [-0.25, -0.2) is 8.78 Å². The first kappa shape index (κ1) is 15.3. The Morgan fingerprint density at radius 1 is 1.24 bits per heavy atom. The van der Waals surface area contributed by atoms with Crippen LogP contribution in [0.1, 0.15) is 36.0 Å². The summed E-state index contributed by atoms with van der Waals surface area (Å²) in [6.45, 7) is 0. The van der Waals surface area contributed by atoms with Crippen LogP contribution >= 0.6 is 0 Å².